The largest absolute Gasteiger partial charge is 0.371 e. The maximum absolute atomic E-state index is 13.1. The van der Waals surface area contributed by atoms with Gasteiger partial charge in [0, 0.05) is 54.0 Å². The summed E-state index contributed by atoms with van der Waals surface area (Å²) in [5.41, 5.74) is 4.13. The molecule has 0 amide bonds. The Kier molecular flexibility index (Phi) is 4.40. The topological polar surface area (TPSA) is 56.4 Å². The first kappa shape index (κ1) is 17.8. The first-order chi connectivity index (χ1) is 13.6. The molecule has 0 unspecified atom stereocenters. The minimum absolute atomic E-state index is 0.394. The van der Waals surface area contributed by atoms with Crippen molar-refractivity contribution in [1.29, 1.82) is 0 Å². The maximum Gasteiger partial charge on any atom is 0.243 e. The van der Waals surface area contributed by atoms with E-state index in [1.165, 1.54) is 12.8 Å². The Hall–Kier alpha value is -2.31. The van der Waals surface area contributed by atoms with E-state index in [9.17, 15) is 8.42 Å². The minimum Gasteiger partial charge on any atom is -0.371 e. The summed E-state index contributed by atoms with van der Waals surface area (Å²) in [4.78, 5) is 6.25. The Labute approximate surface area is 166 Å². The van der Waals surface area contributed by atoms with Gasteiger partial charge < -0.3 is 9.88 Å². The average Bonchev–Trinajstić information content (AvgIpc) is 3.49. The van der Waals surface area contributed by atoms with Crippen LogP contribution in [0.4, 0.5) is 5.69 Å². The molecule has 1 N–H and O–H groups in total. The molecule has 2 fully saturated rings. The van der Waals surface area contributed by atoms with Crippen LogP contribution in [0.2, 0.25) is 0 Å². The fraction of sp³-hybridized carbons (Fsp3) is 0.364. The molecular weight excluding hydrogens is 370 g/mol. The van der Waals surface area contributed by atoms with Crippen LogP contribution >= 0.6 is 0 Å². The van der Waals surface area contributed by atoms with Crippen LogP contribution in [0.1, 0.15) is 25.7 Å². The number of rotatable bonds is 4. The number of anilines is 1. The molecule has 28 heavy (non-hydrogen) atoms. The highest BCUT2D eigenvalue weighted by molar-refractivity contribution is 7.89. The Morgan fingerprint density at radius 2 is 1.54 bits per heavy atom. The summed E-state index contributed by atoms with van der Waals surface area (Å²) in [6.07, 6.45) is 4.25. The van der Waals surface area contributed by atoms with Crippen molar-refractivity contribution in [3.8, 4) is 11.3 Å². The summed E-state index contributed by atoms with van der Waals surface area (Å²) in [6, 6.07) is 15.9. The summed E-state index contributed by atoms with van der Waals surface area (Å²) in [6.45, 7) is 3.28. The van der Waals surface area contributed by atoms with Crippen molar-refractivity contribution in [3.63, 3.8) is 0 Å². The number of nitrogens with zero attached hydrogens (tertiary/aromatic N) is 2. The zero-order valence-electron chi connectivity index (χ0n) is 15.9. The van der Waals surface area contributed by atoms with Crippen LogP contribution in [0.25, 0.3) is 22.2 Å². The van der Waals surface area contributed by atoms with E-state index in [2.05, 4.69) is 28.1 Å². The second-order valence-corrected chi connectivity index (χ2v) is 9.69. The number of hydrogen-bond acceptors (Lipinski definition) is 3. The van der Waals surface area contributed by atoms with Crippen LogP contribution in [0, 0.1) is 0 Å². The molecule has 0 radical (unpaired) electrons. The van der Waals surface area contributed by atoms with Gasteiger partial charge in [-0.05, 0) is 56.0 Å². The molecule has 0 bridgehead atoms. The predicted octanol–water partition coefficient (Wildman–Crippen LogP) is 4.22. The Bertz CT molecular complexity index is 1070. The zero-order chi connectivity index (χ0) is 19.1. The van der Waals surface area contributed by atoms with Crippen LogP contribution < -0.4 is 4.90 Å². The number of aromatic nitrogens is 1. The van der Waals surface area contributed by atoms with Crippen LogP contribution in [0.5, 0.6) is 0 Å². The third kappa shape index (κ3) is 3.01. The molecule has 5 nitrogen and oxygen atoms in total. The van der Waals surface area contributed by atoms with Crippen LogP contribution in [0.15, 0.2) is 53.4 Å². The van der Waals surface area contributed by atoms with E-state index in [4.69, 9.17) is 0 Å². The highest BCUT2D eigenvalue weighted by Crippen LogP contribution is 2.36. The average molecular weight is 396 g/mol. The Balaban J connectivity index is 1.65. The number of aromatic amines is 1. The van der Waals surface area contributed by atoms with E-state index < -0.39 is 10.0 Å². The van der Waals surface area contributed by atoms with Gasteiger partial charge in [0.15, 0.2) is 0 Å². The monoisotopic (exact) mass is 395 g/mol. The third-order valence-electron chi connectivity index (χ3n) is 5.94. The number of benzene rings is 2. The van der Waals surface area contributed by atoms with Crippen molar-refractivity contribution in [2.24, 2.45) is 0 Å². The van der Waals surface area contributed by atoms with Gasteiger partial charge in [-0.15, -0.1) is 0 Å². The van der Waals surface area contributed by atoms with E-state index in [1.807, 2.05) is 24.3 Å². The highest BCUT2D eigenvalue weighted by Gasteiger charge is 2.28. The number of hydrogen-bond donors (Lipinski definition) is 1. The number of H-pyrrole nitrogens is 1. The molecule has 0 saturated carbocycles. The van der Waals surface area contributed by atoms with E-state index in [0.29, 0.717) is 18.0 Å². The van der Waals surface area contributed by atoms with Crippen LogP contribution in [-0.4, -0.2) is 43.9 Å². The molecule has 3 heterocycles. The number of sulfonamides is 1. The van der Waals surface area contributed by atoms with E-state index in [0.717, 1.165) is 53.8 Å². The standard InChI is InChI=1S/C22H25N3O2S/c26-28(27,25-13-5-6-14-25)18-9-10-22(24-11-3-4-12-24)19(16-18)21-15-17-7-1-2-8-20(17)23-21/h1-2,7-10,15-16,23H,3-6,11-14H2. The molecule has 0 aliphatic carbocycles. The van der Waals surface area contributed by atoms with Crippen LogP contribution in [0.3, 0.4) is 0 Å². The van der Waals surface area contributed by atoms with Crippen molar-refractivity contribution in [2.45, 2.75) is 30.6 Å². The molecule has 2 aliphatic rings. The number of fused-ring (bicyclic) bond motifs is 1. The van der Waals surface area contributed by atoms with Gasteiger partial charge in [-0.1, -0.05) is 18.2 Å². The lowest BCUT2D eigenvalue weighted by Gasteiger charge is -2.23. The lowest BCUT2D eigenvalue weighted by atomic mass is 10.1. The van der Waals surface area contributed by atoms with Crippen molar-refractivity contribution in [1.82, 2.24) is 9.29 Å². The van der Waals surface area contributed by atoms with E-state index in [-0.39, 0.29) is 0 Å². The van der Waals surface area contributed by atoms with Gasteiger partial charge in [-0.25, -0.2) is 8.42 Å². The molecule has 3 aromatic rings. The summed E-state index contributed by atoms with van der Waals surface area (Å²) in [5.74, 6) is 0. The molecule has 0 spiro atoms. The van der Waals surface area contributed by atoms with Gasteiger partial charge in [0.1, 0.15) is 0 Å². The highest BCUT2D eigenvalue weighted by atomic mass is 32.2. The number of para-hydroxylation sites is 1. The molecule has 2 aliphatic heterocycles. The molecule has 2 saturated heterocycles. The van der Waals surface area contributed by atoms with Gasteiger partial charge in [0.05, 0.1) is 4.90 Å². The lowest BCUT2D eigenvalue weighted by Crippen LogP contribution is -2.28. The number of nitrogens with one attached hydrogen (secondary N) is 1. The summed E-state index contributed by atoms with van der Waals surface area (Å²) >= 11 is 0. The predicted molar refractivity (Wildman–Crippen MR) is 113 cm³/mol. The molecule has 1 aromatic heterocycles. The Morgan fingerprint density at radius 3 is 2.29 bits per heavy atom. The smallest absolute Gasteiger partial charge is 0.243 e. The first-order valence-corrected chi connectivity index (χ1v) is 11.5. The molecule has 2 aromatic carbocycles. The molecule has 5 rings (SSSR count). The molecule has 146 valence electrons. The van der Waals surface area contributed by atoms with Crippen molar-refractivity contribution >= 4 is 26.6 Å². The second-order valence-electron chi connectivity index (χ2n) is 7.75. The maximum atomic E-state index is 13.1. The fourth-order valence-electron chi connectivity index (χ4n) is 4.42. The molecular formula is C22H25N3O2S. The van der Waals surface area contributed by atoms with Gasteiger partial charge in [0.25, 0.3) is 0 Å². The van der Waals surface area contributed by atoms with Crippen molar-refractivity contribution in [3.05, 3.63) is 48.5 Å². The SMILES string of the molecule is O=S(=O)(c1ccc(N2CCCC2)c(-c2cc3ccccc3[nH]2)c1)N1CCCC1. The van der Waals surface area contributed by atoms with Crippen molar-refractivity contribution < 1.29 is 8.42 Å². The van der Waals surface area contributed by atoms with Gasteiger partial charge in [-0.3, -0.25) is 0 Å². The normalized spacial score (nSPS) is 18.4. The third-order valence-corrected chi connectivity index (χ3v) is 7.83. The van der Waals surface area contributed by atoms with Crippen molar-refractivity contribution in [2.75, 3.05) is 31.1 Å². The Morgan fingerprint density at radius 1 is 0.821 bits per heavy atom. The van der Waals surface area contributed by atoms with E-state index >= 15 is 0 Å². The van der Waals surface area contributed by atoms with Gasteiger partial charge in [-0.2, -0.15) is 4.31 Å². The first-order valence-electron chi connectivity index (χ1n) is 10.1. The van der Waals surface area contributed by atoms with Gasteiger partial charge >= 0.3 is 0 Å². The lowest BCUT2D eigenvalue weighted by molar-refractivity contribution is 0.477. The fourth-order valence-corrected chi connectivity index (χ4v) is 5.96. The summed E-state index contributed by atoms with van der Waals surface area (Å²) in [7, 11) is -3.44. The minimum atomic E-state index is -3.44. The summed E-state index contributed by atoms with van der Waals surface area (Å²) < 4.78 is 27.9. The quantitative estimate of drug-likeness (QED) is 0.720. The molecule has 6 heteroatoms. The summed E-state index contributed by atoms with van der Waals surface area (Å²) in [5, 5.41) is 1.14. The second kappa shape index (κ2) is 6.94. The van der Waals surface area contributed by atoms with Crippen LogP contribution in [-0.2, 0) is 10.0 Å². The van der Waals surface area contributed by atoms with E-state index in [1.54, 1.807) is 10.4 Å². The van der Waals surface area contributed by atoms with Gasteiger partial charge in [0.2, 0.25) is 10.0 Å². The molecule has 0 atom stereocenters. The zero-order valence-corrected chi connectivity index (χ0v) is 16.7.